The van der Waals surface area contributed by atoms with Crippen LogP contribution in [0.2, 0.25) is 5.02 Å². The van der Waals surface area contributed by atoms with E-state index in [0.717, 1.165) is 15.5 Å². The van der Waals surface area contributed by atoms with Crippen molar-refractivity contribution in [3.8, 4) is 6.07 Å². The zero-order valence-corrected chi connectivity index (χ0v) is 19.5. The molecule has 0 spiro atoms. The third-order valence-electron chi connectivity index (χ3n) is 5.52. The van der Waals surface area contributed by atoms with Crippen LogP contribution in [0, 0.1) is 21.4 Å². The van der Waals surface area contributed by atoms with Crippen molar-refractivity contribution in [2.24, 2.45) is 5.73 Å². The number of rotatable bonds is 5. The number of allylic oxidation sites excluding steroid dienone is 3. The van der Waals surface area contributed by atoms with E-state index in [9.17, 15) is 20.2 Å². The number of thiophene rings is 1. The quantitative estimate of drug-likeness (QED) is 0.326. The molecule has 0 amide bonds. The van der Waals surface area contributed by atoms with E-state index in [-0.39, 0.29) is 27.9 Å². The lowest BCUT2D eigenvalue weighted by atomic mass is 9.78. The van der Waals surface area contributed by atoms with Crippen LogP contribution in [0.4, 0.5) is 11.4 Å². The highest BCUT2D eigenvalue weighted by Gasteiger charge is 2.42. The summed E-state index contributed by atoms with van der Waals surface area (Å²) in [5, 5.41) is 23.3. The van der Waals surface area contributed by atoms with Crippen molar-refractivity contribution in [3.05, 3.63) is 72.3 Å². The standard InChI is InChI=1S/C22H19ClN4O3S2/c1-2-31-18-8-9-32-21(18)19-13(11-24)22(25)26(16-4-3-5-17(28)20(16)19)15-7-6-12(27(29)30)10-14(15)23/h6-10,19H,2-5,25H2,1H3/t19-/m1/s1. The van der Waals surface area contributed by atoms with Crippen molar-refractivity contribution in [1.29, 1.82) is 5.26 Å². The second-order valence-corrected chi connectivity index (χ2v) is 9.95. The highest BCUT2D eigenvalue weighted by Crippen LogP contribution is 2.50. The first-order valence-corrected chi connectivity index (χ1v) is 12.2. The van der Waals surface area contributed by atoms with Gasteiger partial charge in [-0.1, -0.05) is 18.5 Å². The maximum atomic E-state index is 13.2. The maximum absolute atomic E-state index is 13.2. The Kier molecular flexibility index (Phi) is 6.29. The average Bonchev–Trinajstić information content (AvgIpc) is 3.21. The number of nitrogens with zero attached hydrogens (tertiary/aromatic N) is 3. The van der Waals surface area contributed by atoms with Gasteiger partial charge in [0.2, 0.25) is 0 Å². The first kappa shape index (κ1) is 22.4. The van der Waals surface area contributed by atoms with Gasteiger partial charge in [-0.2, -0.15) is 5.26 Å². The van der Waals surface area contributed by atoms with Crippen molar-refractivity contribution >= 4 is 51.9 Å². The Bertz CT molecular complexity index is 1230. The Hall–Kier alpha value is -2.80. The molecule has 164 valence electrons. The molecule has 1 aromatic carbocycles. The number of anilines is 1. The van der Waals surface area contributed by atoms with E-state index in [1.807, 2.05) is 11.4 Å². The molecule has 1 aliphatic heterocycles. The van der Waals surface area contributed by atoms with Crippen molar-refractivity contribution in [1.82, 2.24) is 0 Å². The molecule has 1 aliphatic carbocycles. The molecule has 2 heterocycles. The van der Waals surface area contributed by atoms with Gasteiger partial charge in [-0.15, -0.1) is 23.1 Å². The number of ketones is 1. The van der Waals surface area contributed by atoms with Gasteiger partial charge in [0.15, 0.2) is 5.78 Å². The van der Waals surface area contributed by atoms with E-state index >= 15 is 0 Å². The third kappa shape index (κ3) is 3.68. The lowest BCUT2D eigenvalue weighted by Crippen LogP contribution is -2.38. The van der Waals surface area contributed by atoms with Gasteiger partial charge in [0.25, 0.3) is 5.69 Å². The molecule has 7 nitrogen and oxygen atoms in total. The van der Waals surface area contributed by atoms with Crippen LogP contribution in [0.1, 0.15) is 37.0 Å². The van der Waals surface area contributed by atoms with Gasteiger partial charge in [-0.05, 0) is 36.1 Å². The normalized spacial score (nSPS) is 18.6. The van der Waals surface area contributed by atoms with Crippen molar-refractivity contribution in [3.63, 3.8) is 0 Å². The molecule has 1 atom stereocenters. The molecule has 2 aromatic rings. The van der Waals surface area contributed by atoms with Gasteiger partial charge < -0.3 is 5.73 Å². The Morgan fingerprint density at radius 1 is 1.41 bits per heavy atom. The van der Waals surface area contributed by atoms with Crippen LogP contribution in [-0.4, -0.2) is 16.5 Å². The number of halogens is 1. The number of nitro benzene ring substituents is 1. The van der Waals surface area contributed by atoms with Crippen LogP contribution < -0.4 is 10.6 Å². The number of Topliss-reactive ketones (excluding diaryl/α,β-unsaturated/α-hetero) is 1. The molecule has 2 N–H and O–H groups in total. The fourth-order valence-corrected chi connectivity index (χ4v) is 6.52. The smallest absolute Gasteiger partial charge is 0.271 e. The second-order valence-electron chi connectivity index (χ2n) is 7.29. The Balaban J connectivity index is 1.95. The number of hydrogen-bond acceptors (Lipinski definition) is 8. The number of nitriles is 1. The Morgan fingerprint density at radius 2 is 2.19 bits per heavy atom. The zero-order valence-electron chi connectivity index (χ0n) is 17.1. The summed E-state index contributed by atoms with van der Waals surface area (Å²) in [7, 11) is 0. The number of non-ortho nitro benzene ring substituents is 1. The molecular formula is C22H19ClN4O3S2. The predicted molar refractivity (Wildman–Crippen MR) is 127 cm³/mol. The maximum Gasteiger partial charge on any atom is 0.271 e. The monoisotopic (exact) mass is 486 g/mol. The van der Waals surface area contributed by atoms with Gasteiger partial charge in [-0.25, -0.2) is 0 Å². The van der Waals surface area contributed by atoms with E-state index in [2.05, 4.69) is 13.0 Å². The molecule has 10 heteroatoms. The van der Waals surface area contributed by atoms with Crippen molar-refractivity contribution < 1.29 is 9.72 Å². The molecule has 0 radical (unpaired) electrons. The minimum Gasteiger partial charge on any atom is -0.384 e. The molecule has 0 saturated carbocycles. The number of carbonyl (C=O) groups excluding carboxylic acids is 1. The summed E-state index contributed by atoms with van der Waals surface area (Å²) in [6.07, 6.45) is 1.64. The molecular weight excluding hydrogens is 468 g/mol. The molecule has 32 heavy (non-hydrogen) atoms. The van der Waals surface area contributed by atoms with E-state index in [4.69, 9.17) is 17.3 Å². The summed E-state index contributed by atoms with van der Waals surface area (Å²) in [6, 6.07) is 8.35. The first-order valence-electron chi connectivity index (χ1n) is 9.99. The second kappa shape index (κ2) is 8.98. The number of carbonyl (C=O) groups is 1. The molecule has 0 bridgehead atoms. The summed E-state index contributed by atoms with van der Waals surface area (Å²) in [5.74, 6) is 0.523. The zero-order chi connectivity index (χ0) is 23.0. The number of benzene rings is 1. The van der Waals surface area contributed by atoms with Gasteiger partial charge >= 0.3 is 0 Å². The van der Waals surface area contributed by atoms with E-state index in [0.29, 0.717) is 36.2 Å². The fraction of sp³-hybridized carbons (Fsp3) is 0.273. The summed E-state index contributed by atoms with van der Waals surface area (Å²) in [4.78, 5) is 27.4. The highest BCUT2D eigenvalue weighted by molar-refractivity contribution is 7.99. The van der Waals surface area contributed by atoms with E-state index in [1.165, 1.54) is 29.5 Å². The van der Waals surface area contributed by atoms with Gasteiger partial charge in [0.1, 0.15) is 5.82 Å². The van der Waals surface area contributed by atoms with Crippen molar-refractivity contribution in [2.75, 3.05) is 10.7 Å². The lowest BCUT2D eigenvalue weighted by Gasteiger charge is -2.39. The number of nitro groups is 1. The Labute approximate surface area is 198 Å². The molecule has 1 aromatic heterocycles. The third-order valence-corrected chi connectivity index (χ3v) is 7.88. The number of thioether (sulfide) groups is 1. The van der Waals surface area contributed by atoms with Crippen LogP contribution in [-0.2, 0) is 4.79 Å². The van der Waals surface area contributed by atoms with Crippen LogP contribution >= 0.6 is 34.7 Å². The van der Waals surface area contributed by atoms with Crippen LogP contribution in [0.5, 0.6) is 0 Å². The molecule has 4 rings (SSSR count). The minimum atomic E-state index is -0.527. The van der Waals surface area contributed by atoms with Crippen LogP contribution in [0.25, 0.3) is 0 Å². The molecule has 0 unspecified atom stereocenters. The van der Waals surface area contributed by atoms with E-state index in [1.54, 1.807) is 16.7 Å². The largest absolute Gasteiger partial charge is 0.384 e. The van der Waals surface area contributed by atoms with Gasteiger partial charge in [0, 0.05) is 39.6 Å². The molecule has 0 saturated heterocycles. The first-order chi connectivity index (χ1) is 15.4. The minimum absolute atomic E-state index is 0.0135. The fourth-order valence-electron chi connectivity index (χ4n) is 4.21. The van der Waals surface area contributed by atoms with E-state index < -0.39 is 10.8 Å². The SMILES string of the molecule is CCSc1ccsc1[C@@H]1C(C#N)=C(N)N(c2ccc([N+](=O)[O-])cc2Cl)C2=C1C(=O)CCC2. The predicted octanol–water partition coefficient (Wildman–Crippen LogP) is 5.73. The van der Waals surface area contributed by atoms with Crippen molar-refractivity contribution in [2.45, 2.75) is 37.0 Å². The molecule has 2 aliphatic rings. The summed E-state index contributed by atoms with van der Waals surface area (Å²) < 4.78 is 0. The lowest BCUT2D eigenvalue weighted by molar-refractivity contribution is -0.384. The summed E-state index contributed by atoms with van der Waals surface area (Å²) >= 11 is 9.60. The topological polar surface area (TPSA) is 113 Å². The summed E-state index contributed by atoms with van der Waals surface area (Å²) in [6.45, 7) is 2.05. The average molecular weight is 487 g/mol. The molecule has 0 fully saturated rings. The summed E-state index contributed by atoms with van der Waals surface area (Å²) in [5.41, 5.74) is 8.38. The van der Waals surface area contributed by atoms with Crippen LogP contribution in [0.15, 0.2) is 57.2 Å². The highest BCUT2D eigenvalue weighted by atomic mass is 35.5. The van der Waals surface area contributed by atoms with Gasteiger partial charge in [0.05, 0.1) is 33.2 Å². The number of nitrogens with two attached hydrogens (primary N) is 1. The number of hydrogen-bond donors (Lipinski definition) is 1. The van der Waals surface area contributed by atoms with Gasteiger partial charge in [-0.3, -0.25) is 19.8 Å². The van der Waals surface area contributed by atoms with Crippen LogP contribution in [0.3, 0.4) is 0 Å². The Morgan fingerprint density at radius 3 is 2.84 bits per heavy atom.